The normalized spacial score (nSPS) is 18.6. The molecule has 1 saturated heterocycles. The fourth-order valence-corrected chi connectivity index (χ4v) is 3.25. The van der Waals surface area contributed by atoms with Crippen LogP contribution in [-0.4, -0.2) is 48.2 Å². The number of piperidine rings is 1. The number of para-hydroxylation sites is 1. The van der Waals surface area contributed by atoms with E-state index < -0.39 is 11.7 Å². The third-order valence-corrected chi connectivity index (χ3v) is 4.72. The van der Waals surface area contributed by atoms with Crippen LogP contribution in [0.25, 0.3) is 0 Å². The number of nitrogens with one attached hydrogen (secondary N) is 2. The summed E-state index contributed by atoms with van der Waals surface area (Å²) in [6.45, 7) is 9.45. The smallest absolute Gasteiger partial charge is 0.407 e. The van der Waals surface area contributed by atoms with Crippen LogP contribution in [-0.2, 0) is 9.53 Å². The lowest BCUT2D eigenvalue weighted by molar-refractivity contribution is -0.121. The number of carbonyl (C=O) groups is 2. The van der Waals surface area contributed by atoms with Crippen molar-refractivity contribution in [1.29, 1.82) is 5.26 Å². The van der Waals surface area contributed by atoms with E-state index in [1.54, 1.807) is 24.3 Å². The van der Waals surface area contributed by atoms with Crippen LogP contribution < -0.4 is 10.6 Å². The number of carbonyl (C=O) groups excluding carboxylic acids is 2. The van der Waals surface area contributed by atoms with Crippen molar-refractivity contribution in [3.8, 4) is 6.07 Å². The van der Waals surface area contributed by atoms with Gasteiger partial charge in [0.15, 0.2) is 0 Å². The first-order chi connectivity index (χ1) is 13.2. The molecule has 2 atom stereocenters. The number of nitriles is 1. The summed E-state index contributed by atoms with van der Waals surface area (Å²) < 4.78 is 5.28. The molecule has 1 fully saturated rings. The molecule has 0 aliphatic carbocycles. The molecule has 1 heterocycles. The number of anilines is 1. The Bertz CT molecular complexity index is 736. The predicted octanol–water partition coefficient (Wildman–Crippen LogP) is 3.12. The van der Waals surface area contributed by atoms with Gasteiger partial charge in [-0.25, -0.2) is 4.79 Å². The van der Waals surface area contributed by atoms with Gasteiger partial charge >= 0.3 is 6.09 Å². The average Bonchev–Trinajstić information content (AvgIpc) is 2.65. The topological polar surface area (TPSA) is 94.5 Å². The standard InChI is InChI=1S/C21H30N4O3/c1-15(19(26)24-18-10-6-5-9-17(18)12-22)25-11-7-8-16(14-25)13-23-20(27)28-21(2,3)4/h5-6,9-10,15-16H,7-8,11,13-14H2,1-4H3,(H,23,27)(H,24,26). The van der Waals surface area contributed by atoms with Crippen molar-refractivity contribution in [2.24, 2.45) is 5.92 Å². The molecule has 7 nitrogen and oxygen atoms in total. The summed E-state index contributed by atoms with van der Waals surface area (Å²) in [4.78, 5) is 26.6. The minimum absolute atomic E-state index is 0.136. The third kappa shape index (κ3) is 6.54. The number of nitrogens with zero attached hydrogens (tertiary/aromatic N) is 2. The van der Waals surface area contributed by atoms with Crippen molar-refractivity contribution in [2.45, 2.75) is 52.2 Å². The number of amides is 2. The van der Waals surface area contributed by atoms with Gasteiger partial charge in [-0.2, -0.15) is 5.26 Å². The Morgan fingerprint density at radius 1 is 1.36 bits per heavy atom. The SMILES string of the molecule is CC(C(=O)Nc1ccccc1C#N)N1CCCC(CNC(=O)OC(C)(C)C)C1. The van der Waals surface area contributed by atoms with E-state index in [0.717, 1.165) is 25.9 Å². The van der Waals surface area contributed by atoms with Crippen molar-refractivity contribution in [3.63, 3.8) is 0 Å². The second-order valence-electron chi connectivity index (χ2n) is 8.21. The van der Waals surface area contributed by atoms with E-state index in [9.17, 15) is 14.9 Å². The van der Waals surface area contributed by atoms with E-state index in [4.69, 9.17) is 4.74 Å². The molecule has 2 amide bonds. The molecule has 152 valence electrons. The first-order valence-electron chi connectivity index (χ1n) is 9.70. The van der Waals surface area contributed by atoms with Crippen LogP contribution in [0.1, 0.15) is 46.1 Å². The van der Waals surface area contributed by atoms with Crippen LogP contribution in [0.5, 0.6) is 0 Å². The van der Waals surface area contributed by atoms with Crippen LogP contribution in [0.2, 0.25) is 0 Å². The van der Waals surface area contributed by atoms with Crippen LogP contribution in [0.3, 0.4) is 0 Å². The summed E-state index contributed by atoms with van der Waals surface area (Å²) in [5, 5.41) is 14.9. The van der Waals surface area contributed by atoms with Crippen LogP contribution in [0.4, 0.5) is 10.5 Å². The molecule has 1 aliphatic heterocycles. The number of benzene rings is 1. The summed E-state index contributed by atoms with van der Waals surface area (Å²) >= 11 is 0. The predicted molar refractivity (Wildman–Crippen MR) is 108 cm³/mol. The molecular formula is C21H30N4O3. The fraction of sp³-hybridized carbons (Fsp3) is 0.571. The van der Waals surface area contributed by atoms with Gasteiger partial charge < -0.3 is 15.4 Å². The molecule has 0 radical (unpaired) electrons. The van der Waals surface area contributed by atoms with E-state index in [2.05, 4.69) is 21.6 Å². The Morgan fingerprint density at radius 3 is 2.75 bits per heavy atom. The van der Waals surface area contributed by atoms with Gasteiger partial charge in [0, 0.05) is 13.1 Å². The maximum atomic E-state index is 12.7. The zero-order valence-electron chi connectivity index (χ0n) is 17.1. The fourth-order valence-electron chi connectivity index (χ4n) is 3.25. The lowest BCUT2D eigenvalue weighted by Gasteiger charge is -2.36. The average molecular weight is 386 g/mol. The second kappa shape index (κ2) is 9.56. The van der Waals surface area contributed by atoms with Gasteiger partial charge in [-0.05, 0) is 65.1 Å². The number of likely N-dealkylation sites (tertiary alicyclic amines) is 1. The minimum Gasteiger partial charge on any atom is -0.444 e. The zero-order valence-corrected chi connectivity index (χ0v) is 17.1. The van der Waals surface area contributed by atoms with Gasteiger partial charge in [0.2, 0.25) is 5.91 Å². The molecule has 0 aromatic heterocycles. The summed E-state index contributed by atoms with van der Waals surface area (Å²) in [6, 6.07) is 8.74. The lowest BCUT2D eigenvalue weighted by Crippen LogP contribution is -2.49. The highest BCUT2D eigenvalue weighted by Crippen LogP contribution is 2.20. The summed E-state index contributed by atoms with van der Waals surface area (Å²) in [5.74, 6) is 0.131. The maximum absolute atomic E-state index is 12.7. The van der Waals surface area contributed by atoms with Crippen molar-refractivity contribution in [3.05, 3.63) is 29.8 Å². The molecular weight excluding hydrogens is 356 g/mol. The van der Waals surface area contributed by atoms with Gasteiger partial charge in [-0.15, -0.1) is 0 Å². The minimum atomic E-state index is -0.519. The maximum Gasteiger partial charge on any atom is 0.407 e. The highest BCUT2D eigenvalue weighted by Gasteiger charge is 2.28. The van der Waals surface area contributed by atoms with Crippen molar-refractivity contribution in [2.75, 3.05) is 25.0 Å². The summed E-state index contributed by atoms with van der Waals surface area (Å²) in [7, 11) is 0. The zero-order chi connectivity index (χ0) is 20.7. The lowest BCUT2D eigenvalue weighted by atomic mass is 9.96. The van der Waals surface area contributed by atoms with Crippen LogP contribution >= 0.6 is 0 Å². The molecule has 2 unspecified atom stereocenters. The van der Waals surface area contributed by atoms with Crippen molar-refractivity contribution >= 4 is 17.7 Å². The number of rotatable bonds is 5. The first kappa shape index (κ1) is 21.7. The molecule has 0 spiro atoms. The van der Waals surface area contributed by atoms with E-state index in [0.29, 0.717) is 17.8 Å². The molecule has 2 N–H and O–H groups in total. The number of hydrogen-bond donors (Lipinski definition) is 2. The molecule has 28 heavy (non-hydrogen) atoms. The summed E-state index contributed by atoms with van der Waals surface area (Å²) in [6.07, 6.45) is 1.55. The number of hydrogen-bond acceptors (Lipinski definition) is 5. The summed E-state index contributed by atoms with van der Waals surface area (Å²) in [5.41, 5.74) is 0.456. The molecule has 0 saturated carbocycles. The monoisotopic (exact) mass is 386 g/mol. The quantitative estimate of drug-likeness (QED) is 0.811. The first-order valence-corrected chi connectivity index (χ1v) is 9.70. The molecule has 1 aromatic rings. The molecule has 2 rings (SSSR count). The Balaban J connectivity index is 1.88. The highest BCUT2D eigenvalue weighted by molar-refractivity contribution is 5.95. The van der Waals surface area contributed by atoms with Gasteiger partial charge in [-0.3, -0.25) is 9.69 Å². The molecule has 1 aromatic carbocycles. The Hall–Kier alpha value is -2.59. The van der Waals surface area contributed by atoms with Crippen molar-refractivity contribution in [1.82, 2.24) is 10.2 Å². The molecule has 1 aliphatic rings. The second-order valence-corrected chi connectivity index (χ2v) is 8.21. The van der Waals surface area contributed by atoms with Gasteiger partial charge in [0.1, 0.15) is 11.7 Å². The third-order valence-electron chi connectivity index (χ3n) is 4.72. The Morgan fingerprint density at radius 2 is 2.07 bits per heavy atom. The van der Waals surface area contributed by atoms with Gasteiger partial charge in [0.05, 0.1) is 17.3 Å². The van der Waals surface area contributed by atoms with E-state index in [1.807, 2.05) is 27.7 Å². The highest BCUT2D eigenvalue weighted by atomic mass is 16.6. The van der Waals surface area contributed by atoms with E-state index in [-0.39, 0.29) is 17.9 Å². The number of alkyl carbamates (subject to hydrolysis) is 1. The van der Waals surface area contributed by atoms with Crippen molar-refractivity contribution < 1.29 is 14.3 Å². The van der Waals surface area contributed by atoms with Crippen LogP contribution in [0, 0.1) is 17.2 Å². The number of ether oxygens (including phenoxy) is 1. The Labute approximate surface area is 167 Å². The van der Waals surface area contributed by atoms with Crippen LogP contribution in [0.15, 0.2) is 24.3 Å². The largest absolute Gasteiger partial charge is 0.444 e. The van der Waals surface area contributed by atoms with E-state index in [1.165, 1.54) is 0 Å². The van der Waals surface area contributed by atoms with Gasteiger partial charge in [0.25, 0.3) is 0 Å². The van der Waals surface area contributed by atoms with E-state index >= 15 is 0 Å². The molecule has 7 heteroatoms. The van der Waals surface area contributed by atoms with Gasteiger partial charge in [-0.1, -0.05) is 12.1 Å². The Kier molecular flexibility index (Phi) is 7.41. The molecule has 0 bridgehead atoms.